The molecule has 0 saturated carbocycles. The van der Waals surface area contributed by atoms with Crippen LogP contribution in [0.3, 0.4) is 0 Å². The average Bonchev–Trinajstić information content (AvgIpc) is 3.20. The van der Waals surface area contributed by atoms with E-state index in [1.54, 1.807) is 20.8 Å². The summed E-state index contributed by atoms with van der Waals surface area (Å²) in [6, 6.07) is 9.03. The lowest BCUT2D eigenvalue weighted by molar-refractivity contribution is 0.0345. The molecule has 2 rings (SSSR count). The van der Waals surface area contributed by atoms with Crippen LogP contribution < -0.4 is 0 Å². The van der Waals surface area contributed by atoms with Gasteiger partial charge in [-0.15, -0.1) is 6.42 Å². The van der Waals surface area contributed by atoms with Gasteiger partial charge in [0.15, 0.2) is 0 Å². The highest BCUT2D eigenvalue weighted by Crippen LogP contribution is 2.33. The number of benzene rings is 1. The first-order valence-corrected chi connectivity index (χ1v) is 7.60. The molecule has 5 heteroatoms. The Hall–Kier alpha value is -2.03. The third kappa shape index (κ3) is 4.72. The Bertz CT molecular complexity index is 573. The molecular formula is C18H23NO4. The van der Waals surface area contributed by atoms with Crippen LogP contribution in [0.5, 0.6) is 0 Å². The lowest BCUT2D eigenvalue weighted by atomic mass is 10.2. The Morgan fingerprint density at radius 3 is 2.61 bits per heavy atom. The first-order valence-electron chi connectivity index (χ1n) is 7.60. The highest BCUT2D eigenvalue weighted by atomic mass is 16.6. The van der Waals surface area contributed by atoms with Crippen LogP contribution in [0.2, 0.25) is 0 Å². The number of nitrogens with zero attached hydrogens (tertiary/aromatic N) is 1. The standard InChI is InChI=1S/C18H23NO4/c1-5-15(20)16-14(19(16)17(21)23-18(2,3)4)12-22-11-13-9-7-6-8-10-13/h1,6-10,14-16,20H,11-12H2,2-4H3/t14-,15-,16+,19?/m0/s1. The highest BCUT2D eigenvalue weighted by Gasteiger charge is 2.56. The third-order valence-corrected chi connectivity index (χ3v) is 3.48. The van der Waals surface area contributed by atoms with Crippen LogP contribution in [0.1, 0.15) is 26.3 Å². The van der Waals surface area contributed by atoms with Gasteiger partial charge in [0.25, 0.3) is 0 Å². The topological polar surface area (TPSA) is 58.8 Å². The molecule has 0 aliphatic carbocycles. The maximum Gasteiger partial charge on any atom is 0.411 e. The molecule has 1 heterocycles. The molecule has 1 aliphatic heterocycles. The Balaban J connectivity index is 1.90. The minimum absolute atomic E-state index is 0.264. The molecule has 0 aromatic heterocycles. The quantitative estimate of drug-likeness (QED) is 0.668. The van der Waals surface area contributed by atoms with Gasteiger partial charge in [-0.1, -0.05) is 36.3 Å². The fraction of sp³-hybridized carbons (Fsp3) is 0.500. The highest BCUT2D eigenvalue weighted by molar-refractivity contribution is 5.73. The molecular weight excluding hydrogens is 294 g/mol. The van der Waals surface area contributed by atoms with Gasteiger partial charge in [-0.25, -0.2) is 4.79 Å². The second kappa shape index (κ2) is 7.03. The molecule has 1 N–H and O–H groups in total. The molecule has 1 aromatic carbocycles. The number of carbonyl (C=O) groups is 1. The van der Waals surface area contributed by atoms with Gasteiger partial charge in [-0.05, 0) is 26.3 Å². The van der Waals surface area contributed by atoms with Crippen molar-refractivity contribution in [3.63, 3.8) is 0 Å². The van der Waals surface area contributed by atoms with E-state index in [0.717, 1.165) is 5.56 Å². The van der Waals surface area contributed by atoms with Crippen LogP contribution in [-0.2, 0) is 16.1 Å². The Labute approximate surface area is 137 Å². The van der Waals surface area contributed by atoms with E-state index in [2.05, 4.69) is 5.92 Å². The van der Waals surface area contributed by atoms with E-state index in [9.17, 15) is 9.90 Å². The van der Waals surface area contributed by atoms with Crippen molar-refractivity contribution in [1.82, 2.24) is 4.90 Å². The predicted octanol–water partition coefficient (Wildman–Crippen LogP) is 2.19. The molecule has 3 atom stereocenters. The van der Waals surface area contributed by atoms with E-state index in [-0.39, 0.29) is 6.04 Å². The smallest absolute Gasteiger partial charge is 0.411 e. The third-order valence-electron chi connectivity index (χ3n) is 3.48. The minimum Gasteiger partial charge on any atom is -0.444 e. The van der Waals surface area contributed by atoms with Gasteiger partial charge in [-0.3, -0.25) is 4.90 Å². The number of terminal acetylenes is 1. The lowest BCUT2D eigenvalue weighted by Crippen LogP contribution is -2.30. The molecule has 1 aromatic rings. The van der Waals surface area contributed by atoms with Crippen LogP contribution in [0, 0.1) is 12.3 Å². The molecule has 1 saturated heterocycles. The van der Waals surface area contributed by atoms with Crippen molar-refractivity contribution in [1.29, 1.82) is 0 Å². The number of aliphatic hydroxyl groups excluding tert-OH is 1. The van der Waals surface area contributed by atoms with Gasteiger partial charge in [0.2, 0.25) is 0 Å². The van der Waals surface area contributed by atoms with E-state index in [1.807, 2.05) is 30.3 Å². The van der Waals surface area contributed by atoms with Crippen molar-refractivity contribution in [2.45, 2.75) is 51.2 Å². The number of rotatable bonds is 5. The van der Waals surface area contributed by atoms with E-state index < -0.39 is 23.8 Å². The number of amides is 1. The Kier molecular flexibility index (Phi) is 5.30. The predicted molar refractivity (Wildman–Crippen MR) is 86.6 cm³/mol. The van der Waals surface area contributed by atoms with Gasteiger partial charge in [0.05, 0.1) is 25.3 Å². The van der Waals surface area contributed by atoms with Crippen molar-refractivity contribution in [2.24, 2.45) is 0 Å². The number of hydrogen-bond acceptors (Lipinski definition) is 4. The summed E-state index contributed by atoms with van der Waals surface area (Å²) in [5, 5.41) is 9.86. The summed E-state index contributed by atoms with van der Waals surface area (Å²) in [5.74, 6) is 2.26. The SMILES string of the molecule is C#C[C@H](O)[C@H]1[C@H](COCc2ccccc2)N1C(=O)OC(C)(C)C. The average molecular weight is 317 g/mol. The minimum atomic E-state index is -1.02. The molecule has 23 heavy (non-hydrogen) atoms. The van der Waals surface area contributed by atoms with Crippen molar-refractivity contribution in [2.75, 3.05) is 6.61 Å². The summed E-state index contributed by atoms with van der Waals surface area (Å²) in [6.07, 6.45) is 3.76. The van der Waals surface area contributed by atoms with Gasteiger partial charge in [0, 0.05) is 0 Å². The molecule has 124 valence electrons. The monoisotopic (exact) mass is 317 g/mol. The number of carbonyl (C=O) groups excluding carboxylic acids is 1. The van der Waals surface area contributed by atoms with Crippen LogP contribution >= 0.6 is 0 Å². The van der Waals surface area contributed by atoms with Crippen molar-refractivity contribution >= 4 is 6.09 Å². The molecule has 1 amide bonds. The van der Waals surface area contributed by atoms with Crippen LogP contribution in [-0.4, -0.2) is 46.5 Å². The molecule has 0 unspecified atom stereocenters. The second-order valence-corrected chi connectivity index (χ2v) is 6.56. The number of ether oxygens (including phenoxy) is 2. The molecule has 0 spiro atoms. The van der Waals surface area contributed by atoms with Crippen LogP contribution in [0.4, 0.5) is 4.79 Å². The van der Waals surface area contributed by atoms with E-state index >= 15 is 0 Å². The zero-order chi connectivity index (χ0) is 17.0. The fourth-order valence-electron chi connectivity index (χ4n) is 2.38. The second-order valence-electron chi connectivity index (χ2n) is 6.56. The van der Waals surface area contributed by atoms with Crippen LogP contribution in [0.15, 0.2) is 30.3 Å². The molecule has 0 radical (unpaired) electrons. The first kappa shape index (κ1) is 17.3. The fourth-order valence-corrected chi connectivity index (χ4v) is 2.38. The maximum absolute atomic E-state index is 12.2. The largest absolute Gasteiger partial charge is 0.444 e. The summed E-state index contributed by atoms with van der Waals surface area (Å²) in [4.78, 5) is 13.6. The summed E-state index contributed by atoms with van der Waals surface area (Å²) in [7, 11) is 0. The summed E-state index contributed by atoms with van der Waals surface area (Å²) in [5.41, 5.74) is 0.451. The molecule has 5 nitrogen and oxygen atoms in total. The zero-order valence-corrected chi connectivity index (χ0v) is 13.7. The van der Waals surface area contributed by atoms with Gasteiger partial charge in [-0.2, -0.15) is 0 Å². The summed E-state index contributed by atoms with van der Waals surface area (Å²) >= 11 is 0. The van der Waals surface area contributed by atoms with E-state index in [4.69, 9.17) is 15.9 Å². The van der Waals surface area contributed by atoms with Crippen LogP contribution in [0.25, 0.3) is 0 Å². The number of aliphatic hydroxyl groups is 1. The van der Waals surface area contributed by atoms with Crippen molar-refractivity contribution in [3.05, 3.63) is 35.9 Å². The Morgan fingerprint density at radius 1 is 1.39 bits per heavy atom. The van der Waals surface area contributed by atoms with Gasteiger partial charge < -0.3 is 14.6 Å². The van der Waals surface area contributed by atoms with Gasteiger partial charge in [0.1, 0.15) is 11.7 Å². The molecule has 1 aliphatic rings. The summed E-state index contributed by atoms with van der Waals surface area (Å²) in [6.45, 7) is 6.13. The maximum atomic E-state index is 12.2. The molecule has 1 fully saturated rings. The number of hydrogen-bond donors (Lipinski definition) is 1. The van der Waals surface area contributed by atoms with Gasteiger partial charge >= 0.3 is 6.09 Å². The van der Waals surface area contributed by atoms with Crippen molar-refractivity contribution < 1.29 is 19.4 Å². The van der Waals surface area contributed by atoms with E-state index in [0.29, 0.717) is 13.2 Å². The first-order chi connectivity index (χ1) is 10.8. The van der Waals surface area contributed by atoms with Crippen molar-refractivity contribution in [3.8, 4) is 12.3 Å². The molecule has 0 bridgehead atoms. The normalized spacial score (nSPS) is 21.4. The zero-order valence-electron chi connectivity index (χ0n) is 13.7. The Morgan fingerprint density at radius 2 is 2.04 bits per heavy atom. The summed E-state index contributed by atoms with van der Waals surface area (Å²) < 4.78 is 11.0. The lowest BCUT2D eigenvalue weighted by Gasteiger charge is -2.20. The van der Waals surface area contributed by atoms with E-state index in [1.165, 1.54) is 4.90 Å².